The minimum absolute atomic E-state index is 0.0911. The number of aliphatic hydroxyl groups excluding tert-OH is 1. The number of ether oxygens (including phenoxy) is 1. The topological polar surface area (TPSA) is 142 Å². The summed E-state index contributed by atoms with van der Waals surface area (Å²) in [7, 11) is 0. The molecule has 0 spiro atoms. The quantitative estimate of drug-likeness (QED) is 0.0296. The van der Waals surface area contributed by atoms with Gasteiger partial charge in [-0.2, -0.15) is 0 Å². The lowest BCUT2D eigenvalue weighted by Gasteiger charge is -2.18. The van der Waals surface area contributed by atoms with Crippen molar-refractivity contribution in [3.05, 3.63) is 60.8 Å². The van der Waals surface area contributed by atoms with E-state index in [1.807, 2.05) is 0 Å². The summed E-state index contributed by atoms with van der Waals surface area (Å²) in [6.07, 6.45) is 43.1. The zero-order valence-corrected chi connectivity index (χ0v) is 31.8. The standard InChI is InChI=1S/C42H70N2O7/c1-3-5-7-8-9-10-11-12-13-14-15-16-17-18-19-20-21-22-23-24-25-26-30-34-41(48)51-37(31-6-4-2)32-28-27-29-33-39(46)43-35-40(47)44-38(36-45)42(49)50/h5,7,9-10,12-13,15-16,18-19,37-38,45H,3-4,6,8,11,14,17,20-36H2,1-2H3,(H,43,46)(H,44,47)(H,49,50)/b7-5-,10-9-,13-12-,16-15-,19-18-. The zero-order valence-electron chi connectivity index (χ0n) is 31.8. The van der Waals surface area contributed by atoms with Gasteiger partial charge in [-0.15, -0.1) is 0 Å². The molecule has 0 radical (unpaired) electrons. The van der Waals surface area contributed by atoms with Gasteiger partial charge in [0.25, 0.3) is 0 Å². The van der Waals surface area contributed by atoms with E-state index in [4.69, 9.17) is 14.9 Å². The van der Waals surface area contributed by atoms with E-state index in [9.17, 15) is 19.2 Å². The molecule has 0 saturated heterocycles. The molecule has 4 N–H and O–H groups in total. The van der Waals surface area contributed by atoms with E-state index in [1.54, 1.807) is 0 Å². The van der Waals surface area contributed by atoms with E-state index in [2.05, 4.69) is 85.2 Å². The van der Waals surface area contributed by atoms with Gasteiger partial charge in [-0.05, 0) is 77.0 Å². The molecule has 0 aliphatic rings. The largest absolute Gasteiger partial charge is 0.480 e. The maximum absolute atomic E-state index is 12.5. The van der Waals surface area contributed by atoms with Crippen molar-refractivity contribution < 1.29 is 34.1 Å². The molecule has 2 unspecified atom stereocenters. The summed E-state index contributed by atoms with van der Waals surface area (Å²) in [4.78, 5) is 47.1. The van der Waals surface area contributed by atoms with Gasteiger partial charge in [0.05, 0.1) is 13.2 Å². The number of carbonyl (C=O) groups excluding carboxylic acids is 3. The van der Waals surface area contributed by atoms with Crippen LogP contribution in [0, 0.1) is 0 Å². The lowest BCUT2D eigenvalue weighted by atomic mass is 10.0. The Morgan fingerprint density at radius 1 is 0.608 bits per heavy atom. The lowest BCUT2D eigenvalue weighted by molar-refractivity contribution is -0.150. The van der Waals surface area contributed by atoms with Crippen LogP contribution < -0.4 is 10.6 Å². The maximum atomic E-state index is 12.5. The van der Waals surface area contributed by atoms with E-state index >= 15 is 0 Å². The van der Waals surface area contributed by atoms with Crippen LogP contribution in [0.3, 0.4) is 0 Å². The molecule has 9 heteroatoms. The fourth-order valence-corrected chi connectivity index (χ4v) is 5.26. The number of hydrogen-bond donors (Lipinski definition) is 4. The van der Waals surface area contributed by atoms with E-state index in [0.29, 0.717) is 12.8 Å². The minimum atomic E-state index is -1.39. The average molecular weight is 715 g/mol. The van der Waals surface area contributed by atoms with Crippen LogP contribution in [0.25, 0.3) is 0 Å². The van der Waals surface area contributed by atoms with E-state index in [0.717, 1.165) is 96.3 Å². The SMILES string of the molecule is CC/C=C\C/C=C\C/C=C\C/C=C\C/C=C\CCCCCCCCCC(=O)OC(CCCC)CCCCCC(=O)NCC(=O)NC(CO)C(=O)O. The molecule has 9 nitrogen and oxygen atoms in total. The van der Waals surface area contributed by atoms with Crippen LogP contribution in [0.4, 0.5) is 0 Å². The van der Waals surface area contributed by atoms with Crippen LogP contribution >= 0.6 is 0 Å². The van der Waals surface area contributed by atoms with Crippen LogP contribution in [0.5, 0.6) is 0 Å². The smallest absolute Gasteiger partial charge is 0.328 e. The summed E-state index contributed by atoms with van der Waals surface area (Å²) in [5.41, 5.74) is 0. The van der Waals surface area contributed by atoms with Crippen LogP contribution in [0.15, 0.2) is 60.8 Å². The average Bonchev–Trinajstić information content (AvgIpc) is 3.11. The number of amides is 2. The fourth-order valence-electron chi connectivity index (χ4n) is 5.26. The van der Waals surface area contributed by atoms with E-state index in [1.165, 1.54) is 25.7 Å². The Hall–Kier alpha value is -3.46. The van der Waals surface area contributed by atoms with Gasteiger partial charge in [0.2, 0.25) is 11.8 Å². The summed E-state index contributed by atoms with van der Waals surface area (Å²) >= 11 is 0. The molecule has 0 fully saturated rings. The predicted octanol–water partition coefficient (Wildman–Crippen LogP) is 8.98. The summed E-state index contributed by atoms with van der Waals surface area (Å²) in [5.74, 6) is -2.42. The van der Waals surface area contributed by atoms with Gasteiger partial charge in [-0.3, -0.25) is 14.4 Å². The molecule has 0 rings (SSSR count). The molecule has 290 valence electrons. The third kappa shape index (κ3) is 33.4. The molecule has 2 atom stereocenters. The normalized spacial score (nSPS) is 13.2. The van der Waals surface area contributed by atoms with Crippen molar-refractivity contribution in [1.29, 1.82) is 0 Å². The molecule has 0 aliphatic heterocycles. The van der Waals surface area contributed by atoms with Crippen molar-refractivity contribution in [2.24, 2.45) is 0 Å². The van der Waals surface area contributed by atoms with Crippen LogP contribution in [-0.4, -0.2) is 59.3 Å². The first kappa shape index (κ1) is 47.5. The molecular formula is C42H70N2O7. The highest BCUT2D eigenvalue weighted by atomic mass is 16.5. The first-order chi connectivity index (χ1) is 24.8. The molecule has 0 aromatic carbocycles. The Balaban J connectivity index is 3.86. The molecule has 0 aromatic heterocycles. The maximum Gasteiger partial charge on any atom is 0.328 e. The lowest BCUT2D eigenvalue weighted by Crippen LogP contribution is -2.47. The summed E-state index contributed by atoms with van der Waals surface area (Å²) in [6, 6.07) is -1.39. The molecule has 0 heterocycles. The number of unbranched alkanes of at least 4 members (excludes halogenated alkanes) is 10. The van der Waals surface area contributed by atoms with Gasteiger partial charge >= 0.3 is 11.9 Å². The van der Waals surface area contributed by atoms with Crippen LogP contribution in [-0.2, 0) is 23.9 Å². The van der Waals surface area contributed by atoms with Crippen molar-refractivity contribution in [3.63, 3.8) is 0 Å². The second kappa shape index (κ2) is 36.3. The van der Waals surface area contributed by atoms with Crippen molar-refractivity contribution in [3.8, 4) is 0 Å². The Morgan fingerprint density at radius 3 is 1.69 bits per heavy atom. The highest BCUT2D eigenvalue weighted by molar-refractivity contribution is 5.87. The summed E-state index contributed by atoms with van der Waals surface area (Å²) in [6.45, 7) is 3.20. The first-order valence-electron chi connectivity index (χ1n) is 19.7. The monoisotopic (exact) mass is 715 g/mol. The van der Waals surface area contributed by atoms with Crippen LogP contribution in [0.1, 0.15) is 155 Å². The zero-order chi connectivity index (χ0) is 37.6. The fraction of sp³-hybridized carbons (Fsp3) is 0.667. The van der Waals surface area contributed by atoms with E-state index < -0.39 is 24.5 Å². The number of allylic oxidation sites excluding steroid dienone is 10. The summed E-state index contributed by atoms with van der Waals surface area (Å²) < 4.78 is 5.81. The Labute approximate surface area is 309 Å². The second-order valence-corrected chi connectivity index (χ2v) is 13.0. The van der Waals surface area contributed by atoms with Gasteiger partial charge in [-0.1, -0.05) is 126 Å². The third-order valence-corrected chi connectivity index (χ3v) is 8.28. The number of carboxylic acids is 1. The van der Waals surface area contributed by atoms with Crippen molar-refractivity contribution >= 4 is 23.8 Å². The van der Waals surface area contributed by atoms with Gasteiger partial charge < -0.3 is 25.6 Å². The Morgan fingerprint density at radius 2 is 1.12 bits per heavy atom. The number of carbonyl (C=O) groups is 4. The number of nitrogens with one attached hydrogen (secondary N) is 2. The van der Waals surface area contributed by atoms with Gasteiger partial charge in [0, 0.05) is 12.8 Å². The molecule has 51 heavy (non-hydrogen) atoms. The summed E-state index contributed by atoms with van der Waals surface area (Å²) in [5, 5.41) is 22.4. The minimum Gasteiger partial charge on any atom is -0.480 e. The van der Waals surface area contributed by atoms with Crippen molar-refractivity contribution in [1.82, 2.24) is 10.6 Å². The van der Waals surface area contributed by atoms with E-state index in [-0.39, 0.29) is 30.9 Å². The number of rotatable bonds is 34. The number of hydrogen-bond acceptors (Lipinski definition) is 6. The predicted molar refractivity (Wildman–Crippen MR) is 208 cm³/mol. The second-order valence-electron chi connectivity index (χ2n) is 13.0. The van der Waals surface area contributed by atoms with Crippen molar-refractivity contribution in [2.75, 3.05) is 13.2 Å². The highest BCUT2D eigenvalue weighted by Crippen LogP contribution is 2.16. The van der Waals surface area contributed by atoms with Gasteiger partial charge in [0.15, 0.2) is 0 Å². The molecule has 0 bridgehead atoms. The first-order valence-corrected chi connectivity index (χ1v) is 19.7. The Bertz CT molecular complexity index is 1050. The number of aliphatic carboxylic acids is 1. The van der Waals surface area contributed by atoms with Crippen LogP contribution in [0.2, 0.25) is 0 Å². The van der Waals surface area contributed by atoms with Gasteiger partial charge in [-0.25, -0.2) is 4.79 Å². The van der Waals surface area contributed by atoms with Crippen molar-refractivity contribution in [2.45, 2.75) is 167 Å². The molecule has 0 aromatic rings. The molecule has 0 saturated carbocycles. The molecular weight excluding hydrogens is 644 g/mol. The highest BCUT2D eigenvalue weighted by Gasteiger charge is 2.19. The number of esters is 1. The number of carboxylic acid groups (broad SMARTS) is 1. The molecule has 2 amide bonds. The Kier molecular flexibility index (Phi) is 33.9. The molecule has 0 aliphatic carbocycles. The number of aliphatic hydroxyl groups is 1. The van der Waals surface area contributed by atoms with Gasteiger partial charge in [0.1, 0.15) is 12.1 Å². The third-order valence-electron chi connectivity index (χ3n) is 8.28.